The lowest BCUT2D eigenvalue weighted by atomic mass is 9.90. The molecular weight excluding hydrogens is 318 g/mol. The van der Waals surface area contributed by atoms with Crippen molar-refractivity contribution in [1.82, 2.24) is 15.0 Å². The van der Waals surface area contributed by atoms with Crippen molar-refractivity contribution in [2.45, 2.75) is 33.1 Å². The van der Waals surface area contributed by atoms with Gasteiger partial charge < -0.3 is 0 Å². The van der Waals surface area contributed by atoms with Gasteiger partial charge in [-0.3, -0.25) is 4.98 Å². The molecule has 0 fully saturated rings. The highest BCUT2D eigenvalue weighted by molar-refractivity contribution is 6.33. The van der Waals surface area contributed by atoms with Crippen LogP contribution in [0.4, 0.5) is 0 Å². The Morgan fingerprint density at radius 1 is 0.917 bits per heavy atom. The molecule has 122 valence electrons. The Kier molecular flexibility index (Phi) is 4.37. The van der Waals surface area contributed by atoms with E-state index in [2.05, 4.69) is 36.8 Å². The second-order valence-electron chi connectivity index (χ2n) is 6.93. The molecular formula is C20H20ClN3. The van der Waals surface area contributed by atoms with Gasteiger partial charge in [-0.25, -0.2) is 9.97 Å². The van der Waals surface area contributed by atoms with Crippen LogP contribution < -0.4 is 0 Å². The first-order chi connectivity index (χ1) is 11.3. The van der Waals surface area contributed by atoms with Crippen molar-refractivity contribution < 1.29 is 0 Å². The van der Waals surface area contributed by atoms with E-state index in [-0.39, 0.29) is 5.41 Å². The van der Waals surface area contributed by atoms with E-state index in [4.69, 9.17) is 16.6 Å². The lowest BCUT2D eigenvalue weighted by molar-refractivity contribution is 0.569. The van der Waals surface area contributed by atoms with Gasteiger partial charge in [0.15, 0.2) is 5.82 Å². The standard InChI is InChI=1S/C20H20ClN3/c1-13-5-6-15(16(21)11-13)19-23-10-8-17(24-19)14-7-9-22-18(12-14)20(2,3)4/h5-12H,1-4H3. The van der Waals surface area contributed by atoms with E-state index in [9.17, 15) is 0 Å². The minimum absolute atomic E-state index is 0.00780. The maximum absolute atomic E-state index is 6.36. The van der Waals surface area contributed by atoms with E-state index in [1.807, 2.05) is 43.5 Å². The number of nitrogens with zero attached hydrogens (tertiary/aromatic N) is 3. The molecule has 3 rings (SSSR count). The van der Waals surface area contributed by atoms with Gasteiger partial charge in [-0.1, -0.05) is 38.4 Å². The van der Waals surface area contributed by atoms with E-state index >= 15 is 0 Å². The minimum atomic E-state index is -0.00780. The first-order valence-electron chi connectivity index (χ1n) is 7.91. The Bertz CT molecular complexity index is 882. The van der Waals surface area contributed by atoms with Crippen molar-refractivity contribution in [3.8, 4) is 22.6 Å². The van der Waals surface area contributed by atoms with Gasteiger partial charge in [-0.2, -0.15) is 0 Å². The molecule has 0 saturated carbocycles. The van der Waals surface area contributed by atoms with E-state index in [1.54, 1.807) is 6.20 Å². The molecule has 0 spiro atoms. The lowest BCUT2D eigenvalue weighted by Crippen LogP contribution is -2.13. The Balaban J connectivity index is 2.05. The fourth-order valence-corrected chi connectivity index (χ4v) is 2.77. The van der Waals surface area contributed by atoms with Crippen LogP contribution >= 0.6 is 11.6 Å². The number of halogens is 1. The summed E-state index contributed by atoms with van der Waals surface area (Å²) >= 11 is 6.36. The maximum Gasteiger partial charge on any atom is 0.161 e. The molecule has 3 nitrogen and oxygen atoms in total. The van der Waals surface area contributed by atoms with E-state index in [0.29, 0.717) is 10.8 Å². The molecule has 24 heavy (non-hydrogen) atoms. The van der Waals surface area contributed by atoms with Gasteiger partial charge >= 0.3 is 0 Å². The van der Waals surface area contributed by atoms with Crippen molar-refractivity contribution in [2.24, 2.45) is 0 Å². The second kappa shape index (κ2) is 6.33. The third kappa shape index (κ3) is 3.46. The predicted octanol–water partition coefficient (Wildman–Crippen LogP) is 5.46. The smallest absolute Gasteiger partial charge is 0.161 e. The molecule has 0 radical (unpaired) electrons. The van der Waals surface area contributed by atoms with Crippen molar-refractivity contribution in [3.63, 3.8) is 0 Å². The third-order valence-corrected chi connectivity index (χ3v) is 4.16. The number of hydrogen-bond donors (Lipinski definition) is 0. The van der Waals surface area contributed by atoms with E-state index in [0.717, 1.165) is 28.1 Å². The first-order valence-corrected chi connectivity index (χ1v) is 8.29. The fourth-order valence-electron chi connectivity index (χ4n) is 2.45. The molecule has 0 unspecified atom stereocenters. The molecule has 0 aliphatic heterocycles. The highest BCUT2D eigenvalue weighted by atomic mass is 35.5. The number of benzene rings is 1. The summed E-state index contributed by atoms with van der Waals surface area (Å²) in [5.41, 5.74) is 4.88. The van der Waals surface area contributed by atoms with E-state index < -0.39 is 0 Å². The van der Waals surface area contributed by atoms with Crippen molar-refractivity contribution in [3.05, 3.63) is 65.1 Å². The Morgan fingerprint density at radius 2 is 1.67 bits per heavy atom. The molecule has 0 amide bonds. The summed E-state index contributed by atoms with van der Waals surface area (Å²) in [7, 11) is 0. The zero-order chi connectivity index (χ0) is 17.3. The highest BCUT2D eigenvalue weighted by Crippen LogP contribution is 2.29. The number of aromatic nitrogens is 3. The van der Waals surface area contributed by atoms with Crippen LogP contribution in [0.2, 0.25) is 5.02 Å². The maximum atomic E-state index is 6.36. The van der Waals surface area contributed by atoms with Gasteiger partial charge in [-0.15, -0.1) is 0 Å². The number of pyridine rings is 1. The molecule has 1 aromatic carbocycles. The van der Waals surface area contributed by atoms with Crippen LogP contribution in [0.15, 0.2) is 48.8 Å². The summed E-state index contributed by atoms with van der Waals surface area (Å²) in [6.07, 6.45) is 3.60. The van der Waals surface area contributed by atoms with Crippen LogP contribution in [0.1, 0.15) is 32.0 Å². The van der Waals surface area contributed by atoms with Gasteiger partial charge in [0.1, 0.15) is 0 Å². The Labute approximate surface area is 147 Å². The summed E-state index contributed by atoms with van der Waals surface area (Å²) in [6.45, 7) is 8.46. The molecule has 0 N–H and O–H groups in total. The summed E-state index contributed by atoms with van der Waals surface area (Å²) in [4.78, 5) is 13.6. The molecule has 0 saturated heterocycles. The van der Waals surface area contributed by atoms with Crippen molar-refractivity contribution in [1.29, 1.82) is 0 Å². The second-order valence-corrected chi connectivity index (χ2v) is 7.34. The number of aryl methyl sites for hydroxylation is 1. The summed E-state index contributed by atoms with van der Waals surface area (Å²) in [5, 5.41) is 0.664. The van der Waals surface area contributed by atoms with Crippen LogP contribution in [0.5, 0.6) is 0 Å². The first kappa shape index (κ1) is 16.6. The Hall–Kier alpha value is -2.26. The van der Waals surface area contributed by atoms with Crippen LogP contribution in [0.3, 0.4) is 0 Å². The van der Waals surface area contributed by atoms with Gasteiger partial charge in [0.25, 0.3) is 0 Å². The third-order valence-electron chi connectivity index (χ3n) is 3.85. The summed E-state index contributed by atoms with van der Waals surface area (Å²) in [6, 6.07) is 11.9. The SMILES string of the molecule is Cc1ccc(-c2nccc(-c3ccnc(C(C)(C)C)c3)n2)c(Cl)c1. The molecule has 0 atom stereocenters. The molecule has 0 aliphatic rings. The normalized spacial score (nSPS) is 11.5. The lowest BCUT2D eigenvalue weighted by Gasteiger charge is -2.18. The molecule has 2 heterocycles. The van der Waals surface area contributed by atoms with Gasteiger partial charge in [-0.05, 0) is 42.8 Å². The zero-order valence-corrected chi connectivity index (χ0v) is 15.1. The van der Waals surface area contributed by atoms with Gasteiger partial charge in [0.2, 0.25) is 0 Å². The van der Waals surface area contributed by atoms with Crippen LogP contribution in [0.25, 0.3) is 22.6 Å². The van der Waals surface area contributed by atoms with Gasteiger partial charge in [0, 0.05) is 34.6 Å². The molecule has 4 heteroatoms. The zero-order valence-electron chi connectivity index (χ0n) is 14.3. The predicted molar refractivity (Wildman–Crippen MR) is 99.1 cm³/mol. The molecule has 2 aromatic heterocycles. The van der Waals surface area contributed by atoms with Gasteiger partial charge in [0.05, 0.1) is 10.7 Å². The van der Waals surface area contributed by atoms with Crippen LogP contribution in [-0.4, -0.2) is 15.0 Å². The number of hydrogen-bond acceptors (Lipinski definition) is 3. The van der Waals surface area contributed by atoms with Crippen LogP contribution in [0, 0.1) is 6.92 Å². The monoisotopic (exact) mass is 337 g/mol. The summed E-state index contributed by atoms with van der Waals surface area (Å²) in [5.74, 6) is 0.631. The topological polar surface area (TPSA) is 38.7 Å². The highest BCUT2D eigenvalue weighted by Gasteiger charge is 2.16. The molecule has 0 aliphatic carbocycles. The average molecular weight is 338 g/mol. The average Bonchev–Trinajstić information content (AvgIpc) is 2.54. The van der Waals surface area contributed by atoms with Crippen LogP contribution in [-0.2, 0) is 5.41 Å². The van der Waals surface area contributed by atoms with E-state index in [1.165, 1.54) is 0 Å². The largest absolute Gasteiger partial charge is 0.261 e. The quantitative estimate of drug-likeness (QED) is 0.622. The molecule has 3 aromatic rings. The summed E-state index contributed by atoms with van der Waals surface area (Å²) < 4.78 is 0. The van der Waals surface area contributed by atoms with Crippen molar-refractivity contribution >= 4 is 11.6 Å². The van der Waals surface area contributed by atoms with Crippen molar-refractivity contribution in [2.75, 3.05) is 0 Å². The Morgan fingerprint density at radius 3 is 2.38 bits per heavy atom. The number of rotatable bonds is 2. The molecule has 0 bridgehead atoms. The fraction of sp³-hybridized carbons (Fsp3) is 0.250. The minimum Gasteiger partial charge on any atom is -0.261 e.